The van der Waals surface area contributed by atoms with Gasteiger partial charge in [-0.2, -0.15) is 4.37 Å². The van der Waals surface area contributed by atoms with Crippen molar-refractivity contribution in [1.82, 2.24) is 9.36 Å². The summed E-state index contributed by atoms with van der Waals surface area (Å²) in [6.07, 6.45) is 0. The molecule has 1 aromatic carbocycles. The molecule has 0 fully saturated rings. The number of aromatic carboxylic acids is 1. The normalized spacial score (nSPS) is 11.6. The molecule has 0 aliphatic heterocycles. The van der Waals surface area contributed by atoms with Gasteiger partial charge in [0.1, 0.15) is 5.82 Å². The van der Waals surface area contributed by atoms with Crippen molar-refractivity contribution in [3.8, 4) is 0 Å². The lowest BCUT2D eigenvalue weighted by Crippen LogP contribution is -2.12. The van der Waals surface area contributed by atoms with Crippen molar-refractivity contribution in [3.05, 3.63) is 34.1 Å². The molecule has 0 amide bonds. The standard InChI is InChI=1S/C13H13BrN2O2S2/c1-13(2,3)11-15-12(20-16-11)19-7-4-5-9(14)8(6-7)10(17)18/h4-6H,1-3H3,(H,17,18). The van der Waals surface area contributed by atoms with Gasteiger partial charge in [-0.3, -0.25) is 0 Å². The van der Waals surface area contributed by atoms with E-state index in [0.29, 0.717) is 4.47 Å². The maximum absolute atomic E-state index is 11.1. The van der Waals surface area contributed by atoms with E-state index < -0.39 is 5.97 Å². The van der Waals surface area contributed by atoms with Crippen molar-refractivity contribution in [2.75, 3.05) is 0 Å². The minimum absolute atomic E-state index is 0.0821. The number of hydrogen-bond donors (Lipinski definition) is 1. The van der Waals surface area contributed by atoms with Crippen molar-refractivity contribution in [2.24, 2.45) is 0 Å². The van der Waals surface area contributed by atoms with Gasteiger partial charge in [0.2, 0.25) is 0 Å². The fourth-order valence-corrected chi connectivity index (χ4v) is 3.61. The number of rotatable bonds is 3. The number of halogens is 1. The lowest BCUT2D eigenvalue weighted by Gasteiger charge is -2.12. The fraction of sp³-hybridized carbons (Fsp3) is 0.308. The van der Waals surface area contributed by atoms with Gasteiger partial charge in [-0.1, -0.05) is 32.5 Å². The van der Waals surface area contributed by atoms with Crippen molar-refractivity contribution in [2.45, 2.75) is 35.4 Å². The van der Waals surface area contributed by atoms with E-state index >= 15 is 0 Å². The van der Waals surface area contributed by atoms with Crippen molar-refractivity contribution >= 4 is 45.2 Å². The average Bonchev–Trinajstić information content (AvgIpc) is 2.79. The van der Waals surface area contributed by atoms with Gasteiger partial charge in [0.15, 0.2) is 4.34 Å². The van der Waals surface area contributed by atoms with Crippen LogP contribution in [0.3, 0.4) is 0 Å². The zero-order chi connectivity index (χ0) is 14.9. The van der Waals surface area contributed by atoms with Crippen LogP contribution in [0.5, 0.6) is 0 Å². The molecule has 0 bridgehead atoms. The van der Waals surface area contributed by atoms with E-state index in [1.807, 2.05) is 6.07 Å². The molecule has 1 N–H and O–H groups in total. The van der Waals surface area contributed by atoms with E-state index in [2.05, 4.69) is 46.1 Å². The highest BCUT2D eigenvalue weighted by molar-refractivity contribution is 9.10. The number of aromatic nitrogens is 2. The summed E-state index contributed by atoms with van der Waals surface area (Å²) in [5, 5.41) is 9.10. The van der Waals surface area contributed by atoms with Crippen LogP contribution in [0.2, 0.25) is 0 Å². The van der Waals surface area contributed by atoms with Gasteiger partial charge in [-0.25, -0.2) is 9.78 Å². The van der Waals surface area contributed by atoms with Crippen LogP contribution < -0.4 is 0 Å². The molecule has 0 radical (unpaired) electrons. The Morgan fingerprint density at radius 2 is 2.10 bits per heavy atom. The average molecular weight is 373 g/mol. The zero-order valence-corrected chi connectivity index (χ0v) is 14.4. The molecule has 7 heteroatoms. The molecule has 0 unspecified atom stereocenters. The lowest BCUT2D eigenvalue weighted by atomic mass is 9.96. The van der Waals surface area contributed by atoms with E-state index in [9.17, 15) is 4.79 Å². The molecule has 2 rings (SSSR count). The molecule has 20 heavy (non-hydrogen) atoms. The third-order valence-corrected chi connectivity index (χ3v) is 4.88. The van der Waals surface area contributed by atoms with E-state index in [4.69, 9.17) is 5.11 Å². The summed E-state index contributed by atoms with van der Waals surface area (Å²) in [5.74, 6) is -0.146. The maximum Gasteiger partial charge on any atom is 0.336 e. The number of carbonyl (C=O) groups is 1. The van der Waals surface area contributed by atoms with E-state index in [-0.39, 0.29) is 11.0 Å². The largest absolute Gasteiger partial charge is 0.478 e. The number of benzene rings is 1. The first-order chi connectivity index (χ1) is 9.27. The molecule has 0 spiro atoms. The fourth-order valence-electron chi connectivity index (χ4n) is 1.39. The van der Waals surface area contributed by atoms with Crippen LogP contribution >= 0.6 is 39.2 Å². The summed E-state index contributed by atoms with van der Waals surface area (Å²) in [6, 6.07) is 5.23. The van der Waals surface area contributed by atoms with Crippen LogP contribution in [0, 0.1) is 0 Å². The van der Waals surface area contributed by atoms with Gasteiger partial charge in [0.05, 0.1) is 5.56 Å². The lowest BCUT2D eigenvalue weighted by molar-refractivity contribution is 0.0695. The van der Waals surface area contributed by atoms with Crippen LogP contribution in [0.25, 0.3) is 0 Å². The Hall–Kier alpha value is -0.920. The zero-order valence-electron chi connectivity index (χ0n) is 11.2. The number of nitrogens with zero attached hydrogens (tertiary/aromatic N) is 2. The van der Waals surface area contributed by atoms with Gasteiger partial charge in [-0.15, -0.1) is 0 Å². The summed E-state index contributed by atoms with van der Waals surface area (Å²) < 4.78 is 5.73. The summed E-state index contributed by atoms with van der Waals surface area (Å²) >= 11 is 5.99. The Kier molecular flexibility index (Phi) is 4.51. The summed E-state index contributed by atoms with van der Waals surface area (Å²) in [6.45, 7) is 6.18. The van der Waals surface area contributed by atoms with Crippen LogP contribution in [0.1, 0.15) is 37.0 Å². The van der Waals surface area contributed by atoms with Gasteiger partial charge < -0.3 is 5.11 Å². The molecule has 0 aliphatic rings. The van der Waals surface area contributed by atoms with Gasteiger partial charge in [0, 0.05) is 14.8 Å². The van der Waals surface area contributed by atoms with Gasteiger partial charge in [0.25, 0.3) is 0 Å². The van der Waals surface area contributed by atoms with Crippen LogP contribution in [0.4, 0.5) is 0 Å². The van der Waals surface area contributed by atoms with E-state index in [1.54, 1.807) is 12.1 Å². The first kappa shape index (κ1) is 15.5. The molecule has 106 valence electrons. The highest BCUT2D eigenvalue weighted by Crippen LogP contribution is 2.33. The molecule has 0 atom stereocenters. The minimum atomic E-state index is -0.952. The second-order valence-corrected chi connectivity index (χ2v) is 8.11. The van der Waals surface area contributed by atoms with E-state index in [1.165, 1.54) is 23.3 Å². The Morgan fingerprint density at radius 3 is 2.65 bits per heavy atom. The Morgan fingerprint density at radius 1 is 1.40 bits per heavy atom. The van der Waals surface area contributed by atoms with Crippen molar-refractivity contribution in [1.29, 1.82) is 0 Å². The van der Waals surface area contributed by atoms with Gasteiger partial charge in [-0.05, 0) is 45.7 Å². The molecule has 4 nitrogen and oxygen atoms in total. The predicted molar refractivity (Wildman–Crippen MR) is 83.8 cm³/mol. The Bertz CT molecular complexity index is 650. The molecular formula is C13H13BrN2O2S2. The SMILES string of the molecule is CC(C)(C)c1nsc(Sc2ccc(Br)c(C(=O)O)c2)n1. The first-order valence-electron chi connectivity index (χ1n) is 5.82. The second kappa shape index (κ2) is 5.83. The number of hydrogen-bond acceptors (Lipinski definition) is 5. The highest BCUT2D eigenvalue weighted by Gasteiger charge is 2.20. The minimum Gasteiger partial charge on any atom is -0.478 e. The maximum atomic E-state index is 11.1. The monoisotopic (exact) mass is 372 g/mol. The molecule has 1 heterocycles. The topological polar surface area (TPSA) is 63.1 Å². The molecule has 0 saturated heterocycles. The van der Waals surface area contributed by atoms with Crippen LogP contribution in [-0.4, -0.2) is 20.4 Å². The molecule has 0 saturated carbocycles. The third-order valence-electron chi connectivity index (χ3n) is 2.45. The second-order valence-electron chi connectivity index (χ2n) is 5.18. The Labute approximate surface area is 133 Å². The smallest absolute Gasteiger partial charge is 0.336 e. The molecular weight excluding hydrogens is 360 g/mol. The number of carboxylic acid groups (broad SMARTS) is 1. The third kappa shape index (κ3) is 3.59. The van der Waals surface area contributed by atoms with Crippen molar-refractivity contribution < 1.29 is 9.90 Å². The summed E-state index contributed by atoms with van der Waals surface area (Å²) in [4.78, 5) is 16.4. The molecule has 0 aliphatic carbocycles. The van der Waals surface area contributed by atoms with Gasteiger partial charge >= 0.3 is 5.97 Å². The summed E-state index contributed by atoms with van der Waals surface area (Å²) in [5.41, 5.74) is 0.164. The summed E-state index contributed by atoms with van der Waals surface area (Å²) in [7, 11) is 0. The van der Waals surface area contributed by atoms with Crippen LogP contribution in [0.15, 0.2) is 31.9 Å². The number of carboxylic acids is 1. The Balaban J connectivity index is 2.24. The quantitative estimate of drug-likeness (QED) is 0.861. The van der Waals surface area contributed by atoms with Crippen molar-refractivity contribution in [3.63, 3.8) is 0 Å². The van der Waals surface area contributed by atoms with Crippen LogP contribution in [-0.2, 0) is 5.41 Å². The molecule has 1 aromatic heterocycles. The highest BCUT2D eigenvalue weighted by atomic mass is 79.9. The molecule has 2 aromatic rings. The van der Waals surface area contributed by atoms with E-state index in [0.717, 1.165) is 15.1 Å². The predicted octanol–water partition coefficient (Wildman–Crippen LogP) is 4.45. The first-order valence-corrected chi connectivity index (χ1v) is 8.20.